The first-order valence-electron chi connectivity index (χ1n) is 10.3. The van der Waals surface area contributed by atoms with Gasteiger partial charge < -0.3 is 10.2 Å². The van der Waals surface area contributed by atoms with Gasteiger partial charge >= 0.3 is 0 Å². The number of amides is 1. The number of fused-ring (bicyclic) bond motifs is 1. The third-order valence-electron chi connectivity index (χ3n) is 6.27. The summed E-state index contributed by atoms with van der Waals surface area (Å²) in [5.74, 6) is 0.976. The van der Waals surface area contributed by atoms with Crippen molar-refractivity contribution in [2.45, 2.75) is 72.0 Å². The van der Waals surface area contributed by atoms with Gasteiger partial charge in [-0.2, -0.15) is 5.10 Å². The molecule has 1 amide bonds. The van der Waals surface area contributed by atoms with Crippen LogP contribution < -0.4 is 5.32 Å². The Morgan fingerprint density at radius 2 is 2.18 bits per heavy atom. The number of hydrogen-bond acceptors (Lipinski definition) is 5. The van der Waals surface area contributed by atoms with E-state index in [0.717, 1.165) is 61.8 Å². The Labute approximate surface area is 166 Å². The fraction of sp³-hybridized carbons (Fsp3) is 0.619. The van der Waals surface area contributed by atoms with E-state index in [9.17, 15) is 4.79 Å². The quantitative estimate of drug-likeness (QED) is 0.879. The van der Waals surface area contributed by atoms with E-state index >= 15 is 0 Å². The second-order valence-electron chi connectivity index (χ2n) is 8.17. The molecule has 1 fully saturated rings. The average Bonchev–Trinajstić information content (AvgIpc) is 3.29. The highest BCUT2D eigenvalue weighted by atomic mass is 16.2. The molecule has 0 aromatic carbocycles. The first-order chi connectivity index (χ1) is 13.5. The van der Waals surface area contributed by atoms with Gasteiger partial charge in [-0.05, 0) is 46.1 Å². The van der Waals surface area contributed by atoms with Crippen LogP contribution in [0.25, 0.3) is 0 Å². The molecule has 4 rings (SSSR count). The summed E-state index contributed by atoms with van der Waals surface area (Å²) in [4.78, 5) is 24.6. The zero-order valence-corrected chi connectivity index (χ0v) is 17.3. The Morgan fingerprint density at radius 1 is 1.36 bits per heavy atom. The minimum atomic E-state index is 0.00192. The first kappa shape index (κ1) is 19.1. The number of nitrogens with zero attached hydrogens (tertiary/aromatic N) is 5. The van der Waals surface area contributed by atoms with E-state index in [-0.39, 0.29) is 18.0 Å². The standard InChI is InChI=1S/C21H30N6O/c1-13(27-16(4)14(2)15(3)25-27)10-20(28)26-9-5-6-19(26)21-23-12-17-11-22-8-7-18(17)24-21/h12-13,19,22H,5-11H2,1-4H3/t13-,19+/m0/s1. The molecule has 7 heteroatoms. The van der Waals surface area contributed by atoms with E-state index in [4.69, 9.17) is 4.98 Å². The number of hydrogen-bond donors (Lipinski definition) is 1. The largest absolute Gasteiger partial charge is 0.332 e. The fourth-order valence-corrected chi connectivity index (χ4v) is 4.38. The van der Waals surface area contributed by atoms with Crippen LogP contribution in [0.2, 0.25) is 0 Å². The number of carbonyl (C=O) groups excluding carboxylic acids is 1. The van der Waals surface area contributed by atoms with Gasteiger partial charge in [0.25, 0.3) is 0 Å². The third-order valence-corrected chi connectivity index (χ3v) is 6.27. The van der Waals surface area contributed by atoms with Gasteiger partial charge in [0.2, 0.25) is 5.91 Å². The highest BCUT2D eigenvalue weighted by molar-refractivity contribution is 5.77. The minimum absolute atomic E-state index is 0.00192. The Bertz CT molecular complexity index is 889. The Balaban J connectivity index is 1.50. The molecule has 2 aliphatic heterocycles. The molecule has 0 spiro atoms. The maximum absolute atomic E-state index is 13.1. The van der Waals surface area contributed by atoms with Crippen LogP contribution in [-0.4, -0.2) is 43.6 Å². The average molecular weight is 383 g/mol. The highest BCUT2D eigenvalue weighted by Gasteiger charge is 2.33. The van der Waals surface area contributed by atoms with Gasteiger partial charge in [0.15, 0.2) is 5.82 Å². The van der Waals surface area contributed by atoms with Crippen LogP contribution in [0.3, 0.4) is 0 Å². The molecule has 0 unspecified atom stereocenters. The number of aromatic nitrogens is 4. The van der Waals surface area contributed by atoms with E-state index < -0.39 is 0 Å². The smallest absolute Gasteiger partial charge is 0.225 e. The van der Waals surface area contributed by atoms with Crippen molar-refractivity contribution < 1.29 is 4.79 Å². The van der Waals surface area contributed by atoms with E-state index in [2.05, 4.69) is 36.2 Å². The molecule has 0 aliphatic carbocycles. The van der Waals surface area contributed by atoms with Crippen LogP contribution >= 0.6 is 0 Å². The summed E-state index contributed by atoms with van der Waals surface area (Å²) in [5, 5.41) is 7.98. The van der Waals surface area contributed by atoms with Gasteiger partial charge in [-0.1, -0.05) is 0 Å². The number of rotatable bonds is 4. The lowest BCUT2D eigenvalue weighted by Gasteiger charge is -2.26. The summed E-state index contributed by atoms with van der Waals surface area (Å²) in [6, 6.07) is 0.0405. The predicted octanol–water partition coefficient (Wildman–Crippen LogP) is 2.56. The van der Waals surface area contributed by atoms with Crippen molar-refractivity contribution in [3.63, 3.8) is 0 Å². The van der Waals surface area contributed by atoms with Crippen molar-refractivity contribution in [3.8, 4) is 0 Å². The SMILES string of the molecule is Cc1nn([C@@H](C)CC(=O)N2CCC[C@@H]2c2ncc3c(n2)CCNC3)c(C)c1C. The van der Waals surface area contributed by atoms with Crippen LogP contribution in [0.4, 0.5) is 0 Å². The maximum Gasteiger partial charge on any atom is 0.225 e. The molecule has 2 aliphatic rings. The Kier molecular flexibility index (Phi) is 5.19. The maximum atomic E-state index is 13.1. The van der Waals surface area contributed by atoms with Gasteiger partial charge in [0, 0.05) is 55.6 Å². The van der Waals surface area contributed by atoms with Crippen molar-refractivity contribution in [2.24, 2.45) is 0 Å². The molecule has 1 N–H and O–H groups in total. The zero-order valence-electron chi connectivity index (χ0n) is 17.3. The molecular formula is C21H30N6O. The molecule has 2 atom stereocenters. The van der Waals surface area contributed by atoms with Crippen LogP contribution in [-0.2, 0) is 17.8 Å². The molecule has 7 nitrogen and oxygen atoms in total. The van der Waals surface area contributed by atoms with Gasteiger partial charge in [0.05, 0.1) is 17.8 Å². The summed E-state index contributed by atoms with van der Waals surface area (Å²) < 4.78 is 2.00. The first-order valence-corrected chi connectivity index (χ1v) is 10.3. The number of nitrogens with one attached hydrogen (secondary N) is 1. The summed E-state index contributed by atoms with van der Waals surface area (Å²) in [6.45, 7) is 10.8. The van der Waals surface area contributed by atoms with E-state index in [1.165, 1.54) is 11.1 Å². The molecule has 2 aromatic heterocycles. The minimum Gasteiger partial charge on any atom is -0.332 e. The van der Waals surface area contributed by atoms with Crippen molar-refractivity contribution in [1.29, 1.82) is 0 Å². The van der Waals surface area contributed by atoms with E-state index in [1.807, 2.05) is 22.7 Å². The van der Waals surface area contributed by atoms with Crippen LogP contribution in [0.5, 0.6) is 0 Å². The summed E-state index contributed by atoms with van der Waals surface area (Å²) in [5.41, 5.74) is 5.69. The highest BCUT2D eigenvalue weighted by Crippen LogP contribution is 2.32. The lowest BCUT2D eigenvalue weighted by Crippen LogP contribution is -2.33. The zero-order chi connectivity index (χ0) is 19.8. The predicted molar refractivity (Wildman–Crippen MR) is 107 cm³/mol. The second-order valence-corrected chi connectivity index (χ2v) is 8.17. The van der Waals surface area contributed by atoms with Crippen LogP contribution in [0, 0.1) is 20.8 Å². The number of likely N-dealkylation sites (tertiary alicyclic amines) is 1. The lowest BCUT2D eigenvalue weighted by atomic mass is 10.1. The van der Waals surface area contributed by atoms with Gasteiger partial charge in [-0.25, -0.2) is 9.97 Å². The molecule has 0 bridgehead atoms. The van der Waals surface area contributed by atoms with Crippen molar-refractivity contribution >= 4 is 5.91 Å². The second kappa shape index (κ2) is 7.62. The van der Waals surface area contributed by atoms with Crippen molar-refractivity contribution in [1.82, 2.24) is 30.0 Å². The molecule has 0 saturated carbocycles. The van der Waals surface area contributed by atoms with Gasteiger partial charge in [-0.3, -0.25) is 9.48 Å². The molecule has 0 radical (unpaired) electrons. The topological polar surface area (TPSA) is 75.9 Å². The van der Waals surface area contributed by atoms with Crippen LogP contribution in [0.1, 0.15) is 72.3 Å². The van der Waals surface area contributed by atoms with Crippen LogP contribution in [0.15, 0.2) is 6.20 Å². The molecule has 2 aromatic rings. The fourth-order valence-electron chi connectivity index (χ4n) is 4.38. The number of carbonyl (C=O) groups is 1. The third kappa shape index (κ3) is 3.43. The lowest BCUT2D eigenvalue weighted by molar-refractivity contribution is -0.133. The summed E-state index contributed by atoms with van der Waals surface area (Å²) in [6.07, 6.45) is 5.26. The van der Waals surface area contributed by atoms with Gasteiger partial charge in [-0.15, -0.1) is 0 Å². The summed E-state index contributed by atoms with van der Waals surface area (Å²) in [7, 11) is 0. The van der Waals surface area contributed by atoms with E-state index in [0.29, 0.717) is 6.42 Å². The van der Waals surface area contributed by atoms with Crippen molar-refractivity contribution in [2.75, 3.05) is 13.1 Å². The monoisotopic (exact) mass is 382 g/mol. The molecule has 28 heavy (non-hydrogen) atoms. The molecule has 4 heterocycles. The molecule has 150 valence electrons. The van der Waals surface area contributed by atoms with E-state index in [1.54, 1.807) is 0 Å². The molecular weight excluding hydrogens is 352 g/mol. The Morgan fingerprint density at radius 3 is 2.93 bits per heavy atom. The summed E-state index contributed by atoms with van der Waals surface area (Å²) >= 11 is 0. The number of aryl methyl sites for hydroxylation is 1. The Hall–Kier alpha value is -2.28. The van der Waals surface area contributed by atoms with Gasteiger partial charge in [0.1, 0.15) is 0 Å². The normalized spacial score (nSPS) is 20.3. The molecule has 1 saturated heterocycles. The van der Waals surface area contributed by atoms with Crippen molar-refractivity contribution in [3.05, 3.63) is 40.2 Å².